The van der Waals surface area contributed by atoms with Gasteiger partial charge in [-0.25, -0.2) is 4.98 Å². The topological polar surface area (TPSA) is 92.9 Å². The molecule has 32 heavy (non-hydrogen) atoms. The maximum atomic E-state index is 11.2. The number of allylic oxidation sites excluding steroid dienone is 1. The molecule has 0 aromatic carbocycles. The van der Waals surface area contributed by atoms with Gasteiger partial charge in [0.2, 0.25) is 17.7 Å². The number of rotatable bonds is 7. The second-order valence-electron chi connectivity index (χ2n) is 10.4. The minimum atomic E-state index is -0.130. The lowest BCUT2D eigenvalue weighted by atomic mass is 9.70. The molecule has 2 aromatic rings. The summed E-state index contributed by atoms with van der Waals surface area (Å²) in [6, 6.07) is 3.77. The van der Waals surface area contributed by atoms with Crippen LogP contribution in [-0.4, -0.2) is 27.6 Å². The summed E-state index contributed by atoms with van der Waals surface area (Å²) in [5.74, 6) is 3.87. The lowest BCUT2D eigenvalue weighted by Crippen LogP contribution is -2.32. The molecular weight excluding hydrogens is 402 g/mol. The summed E-state index contributed by atoms with van der Waals surface area (Å²) in [5.41, 5.74) is 2.22. The molecule has 1 aliphatic carbocycles. The normalized spacial score (nSPS) is 21.4. The molecule has 7 heteroatoms. The van der Waals surface area contributed by atoms with Gasteiger partial charge in [-0.3, -0.25) is 4.79 Å². The molecule has 0 radical (unpaired) electrons. The van der Waals surface area contributed by atoms with Crippen molar-refractivity contribution in [1.29, 1.82) is 0 Å². The number of hydrogen-bond donors (Lipinski definition) is 2. The molecule has 0 saturated heterocycles. The molecule has 0 fully saturated rings. The summed E-state index contributed by atoms with van der Waals surface area (Å²) >= 11 is 0. The van der Waals surface area contributed by atoms with E-state index >= 15 is 0 Å². The van der Waals surface area contributed by atoms with E-state index < -0.39 is 0 Å². The Bertz CT molecular complexity index is 940. The SMILES string of the molecule is CC(=O)Nc1ccc(NC[C@@H]2C=C(C)[C@H](Cc3nnc(C(C)(C)C)o3)C[C@H]2C(C)C)cn1. The number of carbonyl (C=O) groups excluding carboxylic acids is 1. The van der Waals surface area contributed by atoms with Crippen LogP contribution in [0.1, 0.15) is 66.7 Å². The largest absolute Gasteiger partial charge is 0.425 e. The van der Waals surface area contributed by atoms with Gasteiger partial charge in [-0.2, -0.15) is 0 Å². The zero-order chi connectivity index (χ0) is 23.5. The number of aromatic nitrogens is 3. The summed E-state index contributed by atoms with van der Waals surface area (Å²) in [7, 11) is 0. The lowest BCUT2D eigenvalue weighted by Gasteiger charge is -2.37. The van der Waals surface area contributed by atoms with Gasteiger partial charge in [0.05, 0.1) is 11.9 Å². The summed E-state index contributed by atoms with van der Waals surface area (Å²) < 4.78 is 5.97. The molecule has 174 valence electrons. The van der Waals surface area contributed by atoms with Crippen molar-refractivity contribution in [3.8, 4) is 0 Å². The molecule has 0 unspecified atom stereocenters. The average Bonchev–Trinajstić information content (AvgIpc) is 3.17. The zero-order valence-electron chi connectivity index (χ0n) is 20.4. The first-order chi connectivity index (χ1) is 15.0. The van der Waals surface area contributed by atoms with E-state index in [0.29, 0.717) is 35.4 Å². The first-order valence-corrected chi connectivity index (χ1v) is 11.5. The van der Waals surface area contributed by atoms with Crippen LogP contribution in [0.3, 0.4) is 0 Å². The molecule has 7 nitrogen and oxygen atoms in total. The molecule has 0 bridgehead atoms. The molecule has 2 heterocycles. The first-order valence-electron chi connectivity index (χ1n) is 11.5. The highest BCUT2D eigenvalue weighted by atomic mass is 16.4. The molecule has 0 spiro atoms. The zero-order valence-corrected chi connectivity index (χ0v) is 20.4. The molecule has 0 saturated carbocycles. The molecule has 3 rings (SSSR count). The minimum absolute atomic E-state index is 0.120. The Morgan fingerprint density at radius 1 is 1.25 bits per heavy atom. The van der Waals surface area contributed by atoms with Crippen molar-refractivity contribution in [2.24, 2.45) is 23.7 Å². The van der Waals surface area contributed by atoms with Gasteiger partial charge in [-0.05, 0) is 49.1 Å². The van der Waals surface area contributed by atoms with Gasteiger partial charge in [-0.15, -0.1) is 10.2 Å². The number of carbonyl (C=O) groups is 1. The Labute approximate surface area is 191 Å². The van der Waals surface area contributed by atoms with E-state index in [4.69, 9.17) is 4.42 Å². The van der Waals surface area contributed by atoms with E-state index in [1.807, 2.05) is 12.1 Å². The van der Waals surface area contributed by atoms with Crippen LogP contribution in [0.2, 0.25) is 0 Å². The van der Waals surface area contributed by atoms with Gasteiger partial charge < -0.3 is 15.1 Å². The van der Waals surface area contributed by atoms with Gasteiger partial charge in [-0.1, -0.05) is 46.3 Å². The van der Waals surface area contributed by atoms with E-state index in [1.165, 1.54) is 12.5 Å². The minimum Gasteiger partial charge on any atom is -0.425 e. The van der Waals surface area contributed by atoms with Crippen molar-refractivity contribution in [2.75, 3.05) is 17.2 Å². The van der Waals surface area contributed by atoms with Crippen molar-refractivity contribution >= 4 is 17.4 Å². The van der Waals surface area contributed by atoms with Crippen molar-refractivity contribution in [1.82, 2.24) is 15.2 Å². The molecule has 2 N–H and O–H groups in total. The van der Waals surface area contributed by atoms with Crippen molar-refractivity contribution in [3.63, 3.8) is 0 Å². The molecule has 0 aliphatic heterocycles. The number of amides is 1. The standard InChI is InChI=1S/C25H37N5O2/c1-15(2)21-11-18(12-23-29-30-24(32-23)25(5,6)7)16(3)10-19(21)13-26-20-8-9-22(27-14-20)28-17(4)31/h8-10,14-15,18-19,21,26H,11-13H2,1-7H3,(H,27,28,31)/t18-,19-,21-/m0/s1. The smallest absolute Gasteiger partial charge is 0.222 e. The number of nitrogens with one attached hydrogen (secondary N) is 2. The van der Waals surface area contributed by atoms with Crippen LogP contribution >= 0.6 is 0 Å². The molecule has 1 aliphatic rings. The van der Waals surface area contributed by atoms with Crippen LogP contribution < -0.4 is 10.6 Å². The van der Waals surface area contributed by atoms with Crippen LogP contribution in [0.5, 0.6) is 0 Å². The average molecular weight is 440 g/mol. The summed E-state index contributed by atoms with van der Waals surface area (Å²) in [4.78, 5) is 15.5. The predicted molar refractivity (Wildman–Crippen MR) is 127 cm³/mol. The van der Waals surface area contributed by atoms with Crippen LogP contribution in [-0.2, 0) is 16.6 Å². The predicted octanol–water partition coefficient (Wildman–Crippen LogP) is 5.23. The van der Waals surface area contributed by atoms with Crippen LogP contribution in [0.4, 0.5) is 11.5 Å². The second-order valence-corrected chi connectivity index (χ2v) is 10.4. The van der Waals surface area contributed by atoms with Crippen molar-refractivity contribution in [3.05, 3.63) is 41.8 Å². The van der Waals surface area contributed by atoms with Crippen molar-refractivity contribution in [2.45, 2.75) is 66.7 Å². The molecular formula is C25H37N5O2. The van der Waals surface area contributed by atoms with E-state index in [2.05, 4.69) is 73.4 Å². The quantitative estimate of drug-likeness (QED) is 0.574. The van der Waals surface area contributed by atoms with Gasteiger partial charge in [0.25, 0.3) is 0 Å². The highest BCUT2D eigenvalue weighted by molar-refractivity contribution is 5.87. The van der Waals surface area contributed by atoms with Crippen LogP contribution in [0.15, 0.2) is 34.4 Å². The third-order valence-corrected chi connectivity index (χ3v) is 6.22. The lowest BCUT2D eigenvalue weighted by molar-refractivity contribution is -0.114. The Morgan fingerprint density at radius 3 is 2.56 bits per heavy atom. The highest BCUT2D eigenvalue weighted by Gasteiger charge is 2.33. The molecule has 2 aromatic heterocycles. The van der Waals surface area contributed by atoms with Gasteiger partial charge in [0, 0.05) is 25.3 Å². The van der Waals surface area contributed by atoms with Gasteiger partial charge in [0.15, 0.2) is 0 Å². The van der Waals surface area contributed by atoms with Crippen LogP contribution in [0, 0.1) is 23.7 Å². The fourth-order valence-electron chi connectivity index (χ4n) is 4.35. The van der Waals surface area contributed by atoms with Crippen molar-refractivity contribution < 1.29 is 9.21 Å². The number of anilines is 2. The Kier molecular flexibility index (Phi) is 7.36. The maximum Gasteiger partial charge on any atom is 0.222 e. The monoisotopic (exact) mass is 439 g/mol. The fourth-order valence-corrected chi connectivity index (χ4v) is 4.35. The maximum absolute atomic E-state index is 11.2. The van der Waals surface area contributed by atoms with Gasteiger partial charge in [0.1, 0.15) is 5.82 Å². The van der Waals surface area contributed by atoms with Crippen LogP contribution in [0.25, 0.3) is 0 Å². The Balaban J connectivity index is 1.66. The first kappa shape index (κ1) is 24.0. The highest BCUT2D eigenvalue weighted by Crippen LogP contribution is 2.39. The molecule has 3 atom stereocenters. The fraction of sp³-hybridized carbons (Fsp3) is 0.600. The Morgan fingerprint density at radius 2 is 2.00 bits per heavy atom. The third-order valence-electron chi connectivity index (χ3n) is 6.22. The summed E-state index contributed by atoms with van der Waals surface area (Å²) in [6.07, 6.45) is 6.09. The summed E-state index contributed by atoms with van der Waals surface area (Å²) in [6.45, 7) is 15.4. The van der Waals surface area contributed by atoms with E-state index in [-0.39, 0.29) is 11.3 Å². The number of pyridine rings is 1. The molecule has 1 amide bonds. The van der Waals surface area contributed by atoms with Gasteiger partial charge >= 0.3 is 0 Å². The van der Waals surface area contributed by atoms with E-state index in [0.717, 1.165) is 31.0 Å². The van der Waals surface area contributed by atoms with E-state index in [1.54, 1.807) is 6.20 Å². The summed E-state index contributed by atoms with van der Waals surface area (Å²) in [5, 5.41) is 14.8. The number of hydrogen-bond acceptors (Lipinski definition) is 6. The van der Waals surface area contributed by atoms with E-state index in [9.17, 15) is 4.79 Å². The second kappa shape index (κ2) is 9.84. The third kappa shape index (κ3) is 6.17. The Hall–Kier alpha value is -2.70. The number of nitrogens with zero attached hydrogens (tertiary/aromatic N) is 3.